The smallest absolute Gasteiger partial charge is 0.336 e. The number of nitrogens with zero attached hydrogens (tertiary/aromatic N) is 2. The molecule has 0 fully saturated rings. The fraction of sp³-hybridized carbons (Fsp3) is 0.267. The van der Waals surface area contributed by atoms with Crippen molar-refractivity contribution in [2.45, 2.75) is 25.2 Å². The van der Waals surface area contributed by atoms with Gasteiger partial charge < -0.3 is 5.11 Å². The van der Waals surface area contributed by atoms with E-state index in [4.69, 9.17) is 0 Å². The van der Waals surface area contributed by atoms with Crippen LogP contribution in [0.15, 0.2) is 36.8 Å². The maximum absolute atomic E-state index is 11.3. The van der Waals surface area contributed by atoms with E-state index in [1.54, 1.807) is 18.5 Å². The molecule has 0 saturated carbocycles. The van der Waals surface area contributed by atoms with Crippen LogP contribution >= 0.6 is 0 Å². The first-order valence-corrected chi connectivity index (χ1v) is 6.38. The van der Waals surface area contributed by atoms with Gasteiger partial charge in [-0.25, -0.2) is 4.79 Å². The molecule has 0 saturated heterocycles. The van der Waals surface area contributed by atoms with E-state index in [9.17, 15) is 9.90 Å². The van der Waals surface area contributed by atoms with E-state index in [1.165, 1.54) is 11.8 Å². The maximum Gasteiger partial charge on any atom is 0.336 e. The first-order valence-electron chi connectivity index (χ1n) is 6.38. The van der Waals surface area contributed by atoms with Gasteiger partial charge in [-0.2, -0.15) is 0 Å². The monoisotopic (exact) mass is 254 g/mol. The molecule has 0 aliphatic heterocycles. The minimum Gasteiger partial charge on any atom is -0.478 e. The van der Waals surface area contributed by atoms with Crippen molar-refractivity contribution in [1.29, 1.82) is 0 Å². The summed E-state index contributed by atoms with van der Waals surface area (Å²) in [5, 5.41) is 9.30. The van der Waals surface area contributed by atoms with Crippen molar-refractivity contribution in [3.63, 3.8) is 0 Å². The average Bonchev–Trinajstić information content (AvgIpc) is 2.46. The van der Waals surface area contributed by atoms with Gasteiger partial charge in [-0.3, -0.25) is 9.97 Å². The highest BCUT2D eigenvalue weighted by atomic mass is 16.4. The lowest BCUT2D eigenvalue weighted by Gasteiger charge is -2.25. The molecule has 1 atom stereocenters. The molecule has 4 heteroatoms. The molecule has 1 N–H and O–H groups in total. The maximum atomic E-state index is 11.3. The van der Waals surface area contributed by atoms with Crippen LogP contribution in [0.1, 0.15) is 45.9 Å². The Morgan fingerprint density at radius 1 is 1.32 bits per heavy atom. The number of fused-ring (bicyclic) bond motifs is 1. The first-order chi connectivity index (χ1) is 9.27. The Morgan fingerprint density at radius 2 is 2.21 bits per heavy atom. The number of carbonyl (C=O) groups is 1. The normalized spacial score (nSPS) is 17.8. The molecule has 2 aromatic heterocycles. The molecule has 19 heavy (non-hydrogen) atoms. The van der Waals surface area contributed by atoms with Crippen molar-refractivity contribution in [1.82, 2.24) is 9.97 Å². The van der Waals surface area contributed by atoms with Gasteiger partial charge in [0.25, 0.3) is 0 Å². The standard InChI is InChI=1S/C15H14N2O2/c18-15(19)12-6-8-16-9-13(12)11-5-1-3-10-4-2-7-17-14(10)11/h2,4,6-9,11H,1,3,5H2,(H,18,19). The summed E-state index contributed by atoms with van der Waals surface area (Å²) in [7, 11) is 0. The zero-order valence-electron chi connectivity index (χ0n) is 10.4. The van der Waals surface area contributed by atoms with Crippen molar-refractivity contribution in [2.24, 2.45) is 0 Å². The summed E-state index contributed by atoms with van der Waals surface area (Å²) >= 11 is 0. The molecule has 96 valence electrons. The highest BCUT2D eigenvalue weighted by Gasteiger charge is 2.26. The number of aromatic nitrogens is 2. The van der Waals surface area contributed by atoms with E-state index in [1.807, 2.05) is 6.07 Å². The Balaban J connectivity index is 2.12. The lowest BCUT2D eigenvalue weighted by Crippen LogP contribution is -2.16. The second kappa shape index (κ2) is 4.80. The van der Waals surface area contributed by atoms with Crippen LogP contribution < -0.4 is 0 Å². The zero-order valence-corrected chi connectivity index (χ0v) is 10.4. The summed E-state index contributed by atoms with van der Waals surface area (Å²) in [5.74, 6) is -0.856. The van der Waals surface area contributed by atoms with E-state index in [0.29, 0.717) is 5.56 Å². The SMILES string of the molecule is O=C(O)c1ccncc1C1CCCc2cccnc21. The molecule has 0 bridgehead atoms. The third-order valence-corrected chi connectivity index (χ3v) is 3.65. The number of aromatic carboxylic acids is 1. The van der Waals surface area contributed by atoms with Crippen molar-refractivity contribution >= 4 is 5.97 Å². The molecule has 1 aliphatic carbocycles. The first kappa shape index (κ1) is 11.8. The molecule has 2 aromatic rings. The van der Waals surface area contributed by atoms with Gasteiger partial charge in [-0.05, 0) is 42.5 Å². The third-order valence-electron chi connectivity index (χ3n) is 3.65. The van der Waals surface area contributed by atoms with Gasteiger partial charge in [0.05, 0.1) is 11.3 Å². The van der Waals surface area contributed by atoms with Crippen LogP contribution in [0, 0.1) is 0 Å². The Morgan fingerprint density at radius 3 is 3.05 bits per heavy atom. The highest BCUT2D eigenvalue weighted by Crippen LogP contribution is 2.36. The van der Waals surface area contributed by atoms with Crippen LogP contribution in [0.5, 0.6) is 0 Å². The predicted molar refractivity (Wildman–Crippen MR) is 70.2 cm³/mol. The number of rotatable bonds is 2. The molecule has 0 aromatic carbocycles. The lowest BCUT2D eigenvalue weighted by atomic mass is 9.81. The largest absolute Gasteiger partial charge is 0.478 e. The number of hydrogen-bond donors (Lipinski definition) is 1. The van der Waals surface area contributed by atoms with Crippen LogP contribution in [0.25, 0.3) is 0 Å². The Bertz CT molecular complexity index is 625. The van der Waals surface area contributed by atoms with E-state index in [0.717, 1.165) is 30.5 Å². The molecule has 1 aliphatic rings. The fourth-order valence-corrected chi connectivity index (χ4v) is 2.79. The van der Waals surface area contributed by atoms with Crippen molar-refractivity contribution in [3.8, 4) is 0 Å². The molecule has 0 spiro atoms. The molecule has 3 rings (SSSR count). The highest BCUT2D eigenvalue weighted by molar-refractivity contribution is 5.89. The number of aryl methyl sites for hydroxylation is 1. The number of hydrogen-bond acceptors (Lipinski definition) is 3. The second-order valence-electron chi connectivity index (χ2n) is 4.76. The Hall–Kier alpha value is -2.23. The quantitative estimate of drug-likeness (QED) is 0.894. The summed E-state index contributed by atoms with van der Waals surface area (Å²) in [6.45, 7) is 0. The fourth-order valence-electron chi connectivity index (χ4n) is 2.79. The van der Waals surface area contributed by atoms with Crippen LogP contribution in [0.2, 0.25) is 0 Å². The summed E-state index contributed by atoms with van der Waals surface area (Å²) in [4.78, 5) is 19.9. The van der Waals surface area contributed by atoms with Crippen LogP contribution in [0.4, 0.5) is 0 Å². The van der Waals surface area contributed by atoms with E-state index < -0.39 is 5.97 Å². The lowest BCUT2D eigenvalue weighted by molar-refractivity contribution is 0.0695. The summed E-state index contributed by atoms with van der Waals surface area (Å²) in [6, 6.07) is 5.57. The van der Waals surface area contributed by atoms with Gasteiger partial charge in [0.15, 0.2) is 0 Å². The minimum atomic E-state index is -0.902. The van der Waals surface area contributed by atoms with Gasteiger partial charge >= 0.3 is 5.97 Å². The molecule has 1 unspecified atom stereocenters. The molecule has 0 radical (unpaired) electrons. The summed E-state index contributed by atoms with van der Waals surface area (Å²) in [6.07, 6.45) is 7.95. The molecule has 0 amide bonds. The van der Waals surface area contributed by atoms with Crippen molar-refractivity contribution < 1.29 is 9.90 Å². The van der Waals surface area contributed by atoms with E-state index >= 15 is 0 Å². The zero-order chi connectivity index (χ0) is 13.2. The Labute approximate surface area is 111 Å². The van der Waals surface area contributed by atoms with Crippen LogP contribution in [-0.4, -0.2) is 21.0 Å². The van der Waals surface area contributed by atoms with Gasteiger partial charge in [0.2, 0.25) is 0 Å². The van der Waals surface area contributed by atoms with Gasteiger partial charge in [-0.15, -0.1) is 0 Å². The Kier molecular flexibility index (Phi) is 2.99. The van der Waals surface area contributed by atoms with Crippen molar-refractivity contribution in [3.05, 3.63) is 59.2 Å². The van der Waals surface area contributed by atoms with Crippen molar-refractivity contribution in [2.75, 3.05) is 0 Å². The van der Waals surface area contributed by atoms with Gasteiger partial charge in [0, 0.05) is 24.5 Å². The number of carboxylic acids is 1. The van der Waals surface area contributed by atoms with Gasteiger partial charge in [0.1, 0.15) is 0 Å². The van der Waals surface area contributed by atoms with E-state index in [2.05, 4.69) is 16.0 Å². The third kappa shape index (κ3) is 2.10. The summed E-state index contributed by atoms with van der Waals surface area (Å²) in [5.41, 5.74) is 3.33. The molecule has 4 nitrogen and oxygen atoms in total. The molecule has 2 heterocycles. The second-order valence-corrected chi connectivity index (χ2v) is 4.76. The topological polar surface area (TPSA) is 63.1 Å². The minimum absolute atomic E-state index is 0.0461. The van der Waals surface area contributed by atoms with E-state index in [-0.39, 0.29) is 5.92 Å². The van der Waals surface area contributed by atoms with Crippen LogP contribution in [-0.2, 0) is 6.42 Å². The predicted octanol–water partition coefficient (Wildman–Crippen LogP) is 2.64. The average molecular weight is 254 g/mol. The number of carboxylic acid groups (broad SMARTS) is 1. The van der Waals surface area contributed by atoms with Crippen LogP contribution in [0.3, 0.4) is 0 Å². The number of pyridine rings is 2. The summed E-state index contributed by atoms with van der Waals surface area (Å²) < 4.78 is 0. The molecular formula is C15H14N2O2. The molecular weight excluding hydrogens is 240 g/mol. The van der Waals surface area contributed by atoms with Gasteiger partial charge in [-0.1, -0.05) is 6.07 Å².